The van der Waals surface area contributed by atoms with Crippen LogP contribution < -0.4 is 26.4 Å². The molecule has 5 aliphatic heterocycles. The molecule has 356 valence electrons. The van der Waals surface area contributed by atoms with Crippen molar-refractivity contribution < 1.29 is 23.2 Å². The van der Waals surface area contributed by atoms with Crippen LogP contribution in [0.25, 0.3) is 22.3 Å². The van der Waals surface area contributed by atoms with Crippen molar-refractivity contribution in [2.24, 2.45) is 13.0 Å². The second kappa shape index (κ2) is 18.6. The summed E-state index contributed by atoms with van der Waals surface area (Å²) in [6.45, 7) is 12.6. The van der Waals surface area contributed by atoms with E-state index in [0.29, 0.717) is 80.4 Å². The Morgan fingerprint density at radius 3 is 2.49 bits per heavy atom. The molecule has 16 heteroatoms. The third-order valence-corrected chi connectivity index (χ3v) is 15.2. The molecule has 0 saturated carbocycles. The van der Waals surface area contributed by atoms with Gasteiger partial charge in [0.15, 0.2) is 0 Å². The molecule has 0 radical (unpaired) electrons. The molecule has 3 aromatic heterocycles. The Hall–Kier alpha value is -6.39. The van der Waals surface area contributed by atoms with Gasteiger partial charge in [0.25, 0.3) is 11.5 Å². The SMILES string of the molecule is Cc1cc(C(=O)N2CCC(CN3CCN(c4ccc(N[C@@H]5CCC(=O)NC5=O)cc4F)C[C@H]3C)CC2)cc(F)c1C1=CCN([C@@H](C)c2cc3c(-n4ccc5c(c4=O)CCN5)ccnc3n2C)CC1. The lowest BCUT2D eigenvalue weighted by atomic mass is 9.92. The van der Waals surface area contributed by atoms with E-state index in [1.54, 1.807) is 22.9 Å². The number of fused-ring (bicyclic) bond motifs is 2. The number of rotatable bonds is 10. The minimum absolute atomic E-state index is 0.00658. The van der Waals surface area contributed by atoms with Gasteiger partial charge < -0.3 is 25.0 Å². The highest BCUT2D eigenvalue weighted by molar-refractivity contribution is 6.01. The minimum atomic E-state index is -0.576. The molecule has 68 heavy (non-hydrogen) atoms. The molecule has 3 amide bonds. The first-order valence-electron chi connectivity index (χ1n) is 24.2. The Morgan fingerprint density at radius 1 is 0.926 bits per heavy atom. The minimum Gasteiger partial charge on any atom is -0.384 e. The van der Waals surface area contributed by atoms with E-state index in [0.717, 1.165) is 83.8 Å². The number of imide groups is 1. The number of aryl methyl sites for hydroxylation is 2. The molecule has 3 saturated heterocycles. The number of aromatic nitrogens is 3. The number of likely N-dealkylation sites (tertiary alicyclic amines) is 1. The highest BCUT2D eigenvalue weighted by Crippen LogP contribution is 2.35. The molecule has 3 fully saturated rings. The number of benzene rings is 2. The molecule has 3 N–H and O–H groups in total. The van der Waals surface area contributed by atoms with Gasteiger partial charge in [0.2, 0.25) is 11.8 Å². The van der Waals surface area contributed by atoms with Gasteiger partial charge in [0, 0.05) is 136 Å². The zero-order chi connectivity index (χ0) is 47.4. The summed E-state index contributed by atoms with van der Waals surface area (Å²) in [5.74, 6) is -1.13. The number of piperidine rings is 2. The molecule has 0 bridgehead atoms. The van der Waals surface area contributed by atoms with E-state index in [9.17, 15) is 19.2 Å². The van der Waals surface area contributed by atoms with Gasteiger partial charge in [-0.15, -0.1) is 0 Å². The number of nitrogens with one attached hydrogen (secondary N) is 3. The van der Waals surface area contributed by atoms with Crippen LogP contribution in [0.1, 0.15) is 84.7 Å². The number of piperazine rings is 1. The van der Waals surface area contributed by atoms with Gasteiger partial charge in [-0.3, -0.25) is 38.9 Å². The molecule has 5 aliphatic rings. The maximum absolute atomic E-state index is 16.1. The van der Waals surface area contributed by atoms with Gasteiger partial charge in [-0.05, 0) is 118 Å². The topological polar surface area (TPSA) is 140 Å². The van der Waals surface area contributed by atoms with Gasteiger partial charge >= 0.3 is 0 Å². The van der Waals surface area contributed by atoms with Crippen molar-refractivity contribution in [1.29, 1.82) is 0 Å². The molecule has 5 aromatic rings. The zero-order valence-electron chi connectivity index (χ0n) is 39.3. The molecule has 8 heterocycles. The van der Waals surface area contributed by atoms with Crippen molar-refractivity contribution in [3.05, 3.63) is 117 Å². The summed E-state index contributed by atoms with van der Waals surface area (Å²) in [5, 5.41) is 9.59. The second-order valence-corrected chi connectivity index (χ2v) is 19.4. The van der Waals surface area contributed by atoms with E-state index >= 15 is 8.78 Å². The van der Waals surface area contributed by atoms with Crippen LogP contribution in [-0.4, -0.2) is 118 Å². The van der Waals surface area contributed by atoms with Gasteiger partial charge in [0.05, 0.1) is 11.4 Å². The fraction of sp³-hybridized carbons (Fsp3) is 0.442. The van der Waals surface area contributed by atoms with Crippen LogP contribution in [0.5, 0.6) is 0 Å². The normalized spacial score (nSPS) is 21.1. The second-order valence-electron chi connectivity index (χ2n) is 19.4. The summed E-state index contributed by atoms with van der Waals surface area (Å²) < 4.78 is 35.4. The van der Waals surface area contributed by atoms with Crippen LogP contribution in [0.4, 0.5) is 25.8 Å². The first-order valence-corrected chi connectivity index (χ1v) is 24.2. The summed E-state index contributed by atoms with van der Waals surface area (Å²) in [6, 6.07) is 13.9. The van der Waals surface area contributed by atoms with Crippen LogP contribution in [0.15, 0.2) is 71.8 Å². The predicted octanol–water partition coefficient (Wildman–Crippen LogP) is 6.41. The van der Waals surface area contributed by atoms with E-state index < -0.39 is 11.9 Å². The van der Waals surface area contributed by atoms with Gasteiger partial charge in [-0.25, -0.2) is 13.8 Å². The molecule has 2 aromatic carbocycles. The Kier molecular flexibility index (Phi) is 12.4. The van der Waals surface area contributed by atoms with E-state index in [1.807, 2.05) is 43.3 Å². The number of pyridine rings is 2. The molecule has 0 aliphatic carbocycles. The Balaban J connectivity index is 0.724. The smallest absolute Gasteiger partial charge is 0.260 e. The number of carbonyl (C=O) groups excluding carboxylic acids is 3. The highest BCUT2D eigenvalue weighted by Gasteiger charge is 2.32. The van der Waals surface area contributed by atoms with Crippen molar-refractivity contribution in [2.45, 2.75) is 77.4 Å². The van der Waals surface area contributed by atoms with Crippen molar-refractivity contribution >= 4 is 51.4 Å². The van der Waals surface area contributed by atoms with Crippen molar-refractivity contribution in [3.63, 3.8) is 0 Å². The maximum atomic E-state index is 16.1. The summed E-state index contributed by atoms with van der Waals surface area (Å²) in [5.41, 5.74) is 8.11. The lowest BCUT2D eigenvalue weighted by Crippen LogP contribution is -2.54. The maximum Gasteiger partial charge on any atom is 0.260 e. The monoisotopic (exact) mass is 926 g/mol. The Bertz CT molecular complexity index is 2880. The van der Waals surface area contributed by atoms with Crippen molar-refractivity contribution in [1.82, 2.24) is 34.1 Å². The van der Waals surface area contributed by atoms with E-state index in [2.05, 4.69) is 61.2 Å². The van der Waals surface area contributed by atoms with E-state index in [1.165, 1.54) is 12.1 Å². The number of anilines is 3. The third-order valence-electron chi connectivity index (χ3n) is 15.2. The number of nitrogens with zero attached hydrogens (tertiary/aromatic N) is 7. The molecular weight excluding hydrogens is 867 g/mol. The van der Waals surface area contributed by atoms with E-state index in [-0.39, 0.29) is 47.5 Å². The molecule has 14 nitrogen and oxygen atoms in total. The van der Waals surface area contributed by atoms with E-state index in [4.69, 9.17) is 4.98 Å². The van der Waals surface area contributed by atoms with Crippen LogP contribution in [-0.2, 0) is 23.1 Å². The third kappa shape index (κ3) is 8.68. The Labute approximate surface area is 395 Å². The van der Waals surface area contributed by atoms with Crippen LogP contribution >= 0.6 is 0 Å². The largest absolute Gasteiger partial charge is 0.384 e. The van der Waals surface area contributed by atoms with Gasteiger partial charge in [-0.2, -0.15) is 0 Å². The average Bonchev–Trinajstić information content (AvgIpc) is 3.96. The summed E-state index contributed by atoms with van der Waals surface area (Å²) in [4.78, 5) is 64.4. The first kappa shape index (κ1) is 45.4. The lowest BCUT2D eigenvalue weighted by molar-refractivity contribution is -0.133. The number of hydrogen-bond donors (Lipinski definition) is 3. The number of hydrogen-bond acceptors (Lipinski definition) is 10. The highest BCUT2D eigenvalue weighted by atomic mass is 19.1. The number of carbonyl (C=O) groups is 3. The quantitative estimate of drug-likeness (QED) is 0.135. The number of amides is 3. The average molecular weight is 927 g/mol. The lowest BCUT2D eigenvalue weighted by Gasteiger charge is -2.43. The summed E-state index contributed by atoms with van der Waals surface area (Å²) in [6.07, 6.45) is 9.42. The first-order chi connectivity index (χ1) is 32.8. The molecule has 0 unspecified atom stereocenters. The number of halogens is 2. The fourth-order valence-electron chi connectivity index (χ4n) is 11.3. The zero-order valence-corrected chi connectivity index (χ0v) is 39.3. The fourth-order valence-corrected chi connectivity index (χ4v) is 11.3. The predicted molar refractivity (Wildman–Crippen MR) is 260 cm³/mol. The van der Waals surface area contributed by atoms with Crippen molar-refractivity contribution in [2.75, 3.05) is 74.4 Å². The summed E-state index contributed by atoms with van der Waals surface area (Å²) in [7, 11) is 2.02. The molecule has 3 atom stereocenters. The van der Waals surface area contributed by atoms with Gasteiger partial charge in [-0.1, -0.05) is 6.08 Å². The van der Waals surface area contributed by atoms with Gasteiger partial charge in [0.1, 0.15) is 23.3 Å². The molecule has 10 rings (SSSR count). The summed E-state index contributed by atoms with van der Waals surface area (Å²) >= 11 is 0. The standard InChI is InChI=1S/C52H60F2N10O4/c1-31-25-36(51(67)61-18-11-34(12-19-61)30-62-23-24-63(29-32(62)2)45-7-5-37(27-40(45)53)57-43-6-8-47(65)58-50(43)66)26-41(54)48(31)35-13-20-60(21-14-35)33(3)46-28-39-44(10-17-56-49(39)59(46)4)64-22-15-42-38(52(64)68)9-16-55-42/h5,7,10,13,15,17,22,25-28,32-34,43,55,57H,6,8-9,11-12,14,16,18-21,23-24,29-30H2,1-4H3,(H,58,65,66)/t32-,33+,43-/m1/s1. The van der Waals surface area contributed by atoms with Crippen LogP contribution in [0.2, 0.25) is 0 Å². The van der Waals surface area contributed by atoms with Crippen LogP contribution in [0, 0.1) is 24.5 Å². The van der Waals surface area contributed by atoms with Crippen LogP contribution in [0.3, 0.4) is 0 Å². The molecular formula is C52H60F2N10O4. The Morgan fingerprint density at radius 2 is 1.75 bits per heavy atom. The molecule has 0 spiro atoms. The van der Waals surface area contributed by atoms with Crippen molar-refractivity contribution in [3.8, 4) is 5.69 Å².